The third kappa shape index (κ3) is 3.86. The maximum Gasteiger partial charge on any atom is 0.455 e. The van der Waals surface area contributed by atoms with Gasteiger partial charge in [-0.25, -0.2) is 4.79 Å². The average Bonchev–Trinajstić information content (AvgIpc) is 2.50. The number of nitrogens with zero attached hydrogens (tertiary/aromatic N) is 1. The summed E-state index contributed by atoms with van der Waals surface area (Å²) in [4.78, 5) is 12.6. The molecule has 1 aromatic carbocycles. The summed E-state index contributed by atoms with van der Waals surface area (Å²) < 4.78 is 77.3. The summed E-state index contributed by atoms with van der Waals surface area (Å²) in [6.45, 7) is 0.140. The van der Waals surface area contributed by atoms with Crippen LogP contribution in [-0.4, -0.2) is 42.6 Å². The van der Waals surface area contributed by atoms with Gasteiger partial charge in [0.05, 0.1) is 0 Å². The van der Waals surface area contributed by atoms with E-state index >= 15 is 0 Å². The van der Waals surface area contributed by atoms with E-state index in [1.165, 1.54) is 7.05 Å². The lowest BCUT2D eigenvalue weighted by Crippen LogP contribution is -2.53. The lowest BCUT2D eigenvalue weighted by Gasteiger charge is -2.30. The van der Waals surface area contributed by atoms with Crippen LogP contribution in [0.2, 0.25) is 0 Å². The number of benzene rings is 1. The fourth-order valence-electron chi connectivity index (χ4n) is 1.65. The average molecular weight is 379 g/mol. The summed E-state index contributed by atoms with van der Waals surface area (Å²) in [5.41, 5.74) is -1.35. The Kier molecular flexibility index (Phi) is 5.99. The van der Waals surface area contributed by atoms with Crippen LogP contribution in [-0.2, 0) is 5.92 Å². The van der Waals surface area contributed by atoms with E-state index in [2.05, 4.69) is 5.32 Å². The first-order valence-corrected chi connectivity index (χ1v) is 6.93. The Morgan fingerprint density at radius 1 is 1.17 bits per heavy atom. The molecule has 24 heavy (non-hydrogen) atoms. The first-order chi connectivity index (χ1) is 10.9. The van der Waals surface area contributed by atoms with Crippen LogP contribution in [0.3, 0.4) is 0 Å². The Morgan fingerprint density at radius 2 is 1.67 bits per heavy atom. The zero-order valence-corrected chi connectivity index (χ0v) is 12.9. The largest absolute Gasteiger partial charge is 0.455 e. The minimum Gasteiger partial charge on any atom is -0.350 e. The third-order valence-electron chi connectivity index (χ3n) is 3.08. The van der Waals surface area contributed by atoms with E-state index in [9.17, 15) is 31.1 Å². The monoisotopic (exact) mass is 378 g/mol. The van der Waals surface area contributed by atoms with E-state index < -0.39 is 29.5 Å². The summed E-state index contributed by atoms with van der Waals surface area (Å²) in [6.07, 6.45) is -6.19. The zero-order chi connectivity index (χ0) is 18.8. The van der Waals surface area contributed by atoms with Crippen molar-refractivity contribution >= 4 is 23.3 Å². The van der Waals surface area contributed by atoms with Crippen LogP contribution in [0.15, 0.2) is 24.3 Å². The molecule has 0 aliphatic heterocycles. The van der Waals surface area contributed by atoms with Crippen LogP contribution in [0.1, 0.15) is 5.56 Å². The van der Waals surface area contributed by atoms with Crippen molar-refractivity contribution in [1.29, 1.82) is 0 Å². The van der Waals surface area contributed by atoms with E-state index in [1.54, 1.807) is 0 Å². The molecule has 0 bridgehead atoms. The summed E-state index contributed by atoms with van der Waals surface area (Å²) >= 11 is 5.38. The van der Waals surface area contributed by atoms with Gasteiger partial charge in [-0.1, -0.05) is 12.1 Å². The number of carbonyl (C=O) groups excluding carboxylic acids is 1. The molecule has 136 valence electrons. The molecule has 1 rings (SSSR count). The van der Waals surface area contributed by atoms with Gasteiger partial charge in [-0.3, -0.25) is 4.90 Å². The van der Waals surface area contributed by atoms with E-state index in [1.807, 2.05) is 0 Å². The number of alkyl halides is 7. The number of anilines is 1. The quantitative estimate of drug-likeness (QED) is 0.609. The smallest absolute Gasteiger partial charge is 0.350 e. The van der Waals surface area contributed by atoms with Gasteiger partial charge in [0.15, 0.2) is 0 Å². The van der Waals surface area contributed by atoms with Gasteiger partial charge in [-0.15, -0.1) is 11.6 Å². The van der Waals surface area contributed by atoms with Crippen molar-refractivity contribution in [1.82, 2.24) is 5.32 Å². The number of hydrogen-bond acceptors (Lipinski definition) is 2. The number of carbonyl (C=O) groups is 1. The highest BCUT2D eigenvalue weighted by Crippen LogP contribution is 2.49. The second-order valence-electron chi connectivity index (χ2n) is 4.72. The van der Waals surface area contributed by atoms with E-state index in [4.69, 9.17) is 16.7 Å². The van der Waals surface area contributed by atoms with Gasteiger partial charge >= 0.3 is 24.0 Å². The molecule has 0 radical (unpaired) electrons. The fourth-order valence-corrected chi connectivity index (χ4v) is 1.75. The molecule has 0 aromatic heterocycles. The number of nitrogens with one attached hydrogen (secondary N) is 1. The van der Waals surface area contributed by atoms with Crippen LogP contribution in [0.5, 0.6) is 0 Å². The van der Waals surface area contributed by atoms with Gasteiger partial charge in [0, 0.05) is 30.7 Å². The molecule has 11 heteroatoms. The minimum absolute atomic E-state index is 0.0519. The highest BCUT2D eigenvalue weighted by atomic mass is 35.5. The van der Waals surface area contributed by atoms with Crippen LogP contribution in [0.4, 0.5) is 36.8 Å². The molecule has 1 atom stereocenters. The Morgan fingerprint density at radius 3 is 2.08 bits per heavy atom. The van der Waals surface area contributed by atoms with Crippen LogP contribution in [0, 0.1) is 0 Å². The first-order valence-electron chi connectivity index (χ1n) is 6.40. The Hall–Kier alpha value is -1.68. The number of amides is 2. The summed E-state index contributed by atoms with van der Waals surface area (Å²) in [7, 11) is 1.28. The third-order valence-corrected chi connectivity index (χ3v) is 3.27. The Labute approximate surface area is 138 Å². The molecule has 0 saturated carbocycles. The van der Waals surface area contributed by atoms with E-state index in [-0.39, 0.29) is 18.1 Å². The zero-order valence-electron chi connectivity index (χ0n) is 12.2. The Balaban J connectivity index is 3.04. The molecule has 0 heterocycles. The number of rotatable bonds is 5. The number of halogens is 7. The van der Waals surface area contributed by atoms with E-state index in [0.717, 1.165) is 17.0 Å². The normalized spacial score (nSPS) is 14.9. The van der Waals surface area contributed by atoms with Crippen molar-refractivity contribution in [3.8, 4) is 0 Å². The number of hydrogen-bond donors (Lipinski definition) is 2. The van der Waals surface area contributed by atoms with Crippen molar-refractivity contribution in [3.05, 3.63) is 29.8 Å². The summed E-state index contributed by atoms with van der Waals surface area (Å²) in [5, 5.41) is 10.9. The van der Waals surface area contributed by atoms with E-state index in [0.29, 0.717) is 12.1 Å². The number of urea groups is 1. The molecule has 0 spiro atoms. The van der Waals surface area contributed by atoms with Crippen molar-refractivity contribution < 1.29 is 36.2 Å². The minimum atomic E-state index is -6.19. The SMILES string of the molecule is CN(C(=O)NCCCl)c1ccc(C(F)(F)C(O)(F)C(F)(F)F)cc1. The number of aliphatic hydroxyl groups is 1. The fraction of sp³-hybridized carbons (Fsp3) is 0.462. The predicted octanol–water partition coefficient (Wildman–Crippen LogP) is 3.38. The summed E-state index contributed by atoms with van der Waals surface area (Å²) in [6, 6.07) is 2.10. The highest BCUT2D eigenvalue weighted by Gasteiger charge is 2.71. The second kappa shape index (κ2) is 7.06. The van der Waals surface area contributed by atoms with Gasteiger partial charge in [-0.05, 0) is 12.1 Å². The second-order valence-corrected chi connectivity index (χ2v) is 5.10. The van der Waals surface area contributed by atoms with Crippen molar-refractivity contribution in [2.45, 2.75) is 18.0 Å². The van der Waals surface area contributed by atoms with Crippen LogP contribution in [0.25, 0.3) is 0 Å². The summed E-state index contributed by atoms with van der Waals surface area (Å²) in [5.74, 6) is -10.8. The van der Waals surface area contributed by atoms with Gasteiger partial charge < -0.3 is 10.4 Å². The first kappa shape index (κ1) is 20.4. The van der Waals surface area contributed by atoms with Crippen LogP contribution >= 0.6 is 11.6 Å². The highest BCUT2D eigenvalue weighted by molar-refractivity contribution is 6.18. The molecule has 4 nitrogen and oxygen atoms in total. The lowest BCUT2D eigenvalue weighted by molar-refractivity contribution is -0.390. The molecular weight excluding hydrogens is 366 g/mol. The molecule has 0 fully saturated rings. The molecule has 1 aromatic rings. The Bertz CT molecular complexity index is 577. The van der Waals surface area contributed by atoms with Crippen LogP contribution < -0.4 is 10.2 Å². The maximum absolute atomic E-state index is 13.6. The van der Waals surface area contributed by atoms with Gasteiger partial charge in [0.25, 0.3) is 0 Å². The molecule has 0 aliphatic rings. The van der Waals surface area contributed by atoms with Crippen molar-refractivity contribution in [2.24, 2.45) is 0 Å². The molecule has 2 amide bonds. The lowest BCUT2D eigenvalue weighted by atomic mass is 10.0. The maximum atomic E-state index is 13.6. The molecule has 1 unspecified atom stereocenters. The molecule has 2 N–H and O–H groups in total. The van der Waals surface area contributed by atoms with Gasteiger partial charge in [0.1, 0.15) is 0 Å². The van der Waals surface area contributed by atoms with Crippen molar-refractivity contribution in [3.63, 3.8) is 0 Å². The molecular formula is C13H13ClF6N2O2. The standard InChI is InChI=1S/C13H13ClF6N2O2/c1-22(10(23)21-7-6-14)9-4-2-8(3-5-9)11(15,16)12(17,24)13(18,19)20/h2-5,24H,6-7H2,1H3,(H,21,23). The van der Waals surface area contributed by atoms with Gasteiger partial charge in [-0.2, -0.15) is 26.3 Å². The topological polar surface area (TPSA) is 52.6 Å². The predicted molar refractivity (Wildman–Crippen MR) is 75.0 cm³/mol. The molecule has 0 aliphatic carbocycles. The molecule has 0 saturated heterocycles. The van der Waals surface area contributed by atoms with Crippen molar-refractivity contribution in [2.75, 3.05) is 24.4 Å². The van der Waals surface area contributed by atoms with Gasteiger partial charge in [0.2, 0.25) is 0 Å².